The van der Waals surface area contributed by atoms with Crippen molar-refractivity contribution in [3.63, 3.8) is 0 Å². The monoisotopic (exact) mass is 482 g/mol. The summed E-state index contributed by atoms with van der Waals surface area (Å²) in [5.74, 6) is 0.931. The van der Waals surface area contributed by atoms with Crippen molar-refractivity contribution in [3.8, 4) is 11.5 Å². The molecule has 0 heterocycles. The van der Waals surface area contributed by atoms with Crippen LogP contribution in [-0.2, 0) is 27.8 Å². The van der Waals surface area contributed by atoms with Crippen LogP contribution in [0.4, 0.5) is 0 Å². The summed E-state index contributed by atoms with van der Waals surface area (Å²) < 4.78 is 39.6. The first-order valence-corrected chi connectivity index (χ1v) is 12.5. The summed E-state index contributed by atoms with van der Waals surface area (Å²) >= 11 is 0. The third-order valence-corrected chi connectivity index (χ3v) is 6.75. The Kier molecular flexibility index (Phi) is 8.67. The van der Waals surface area contributed by atoms with Crippen molar-refractivity contribution in [2.24, 2.45) is 0 Å². The summed E-state index contributed by atoms with van der Waals surface area (Å²) in [4.78, 5) is 13.2. The van der Waals surface area contributed by atoms with Crippen LogP contribution in [-0.4, -0.2) is 34.1 Å². The molecule has 1 unspecified atom stereocenters. The highest BCUT2D eigenvalue weighted by Gasteiger charge is 2.26. The lowest BCUT2D eigenvalue weighted by atomic mass is 10.1. The largest absolute Gasteiger partial charge is 0.497 e. The molecule has 0 spiro atoms. The predicted octanol–water partition coefficient (Wildman–Crippen LogP) is 3.61. The molecule has 0 aromatic heterocycles. The lowest BCUT2D eigenvalue weighted by Crippen LogP contribution is -2.47. The Bertz CT molecular complexity index is 1200. The van der Waals surface area contributed by atoms with E-state index < -0.39 is 22.0 Å². The molecule has 0 aliphatic heterocycles. The Morgan fingerprint density at radius 2 is 1.68 bits per heavy atom. The number of hydrogen-bond acceptors (Lipinski definition) is 5. The lowest BCUT2D eigenvalue weighted by molar-refractivity contribution is -0.122. The molecular weight excluding hydrogens is 452 g/mol. The zero-order valence-electron chi connectivity index (χ0n) is 19.6. The fourth-order valence-corrected chi connectivity index (χ4v) is 4.74. The van der Waals surface area contributed by atoms with E-state index in [9.17, 15) is 13.2 Å². The smallest absolute Gasteiger partial charge is 0.241 e. The van der Waals surface area contributed by atoms with Crippen LogP contribution in [0.3, 0.4) is 0 Å². The van der Waals surface area contributed by atoms with Crippen molar-refractivity contribution in [2.45, 2.75) is 37.8 Å². The number of aryl methyl sites for hydroxylation is 1. The minimum Gasteiger partial charge on any atom is -0.497 e. The summed E-state index contributed by atoms with van der Waals surface area (Å²) in [6.45, 7) is 4.40. The fourth-order valence-electron chi connectivity index (χ4n) is 3.46. The molecule has 1 atom stereocenters. The van der Waals surface area contributed by atoms with Crippen molar-refractivity contribution in [1.82, 2.24) is 10.0 Å². The predicted molar refractivity (Wildman–Crippen MR) is 131 cm³/mol. The molecule has 3 aromatic carbocycles. The Hall–Kier alpha value is -3.36. The number of hydrogen-bond donors (Lipinski definition) is 2. The summed E-state index contributed by atoms with van der Waals surface area (Å²) in [5.41, 5.74) is 2.42. The highest BCUT2D eigenvalue weighted by atomic mass is 32.2. The number of rotatable bonds is 11. The van der Waals surface area contributed by atoms with Gasteiger partial charge < -0.3 is 14.8 Å². The number of benzene rings is 3. The van der Waals surface area contributed by atoms with E-state index in [1.807, 2.05) is 49.4 Å². The first-order valence-electron chi connectivity index (χ1n) is 11.0. The van der Waals surface area contributed by atoms with Crippen molar-refractivity contribution in [2.75, 3.05) is 13.7 Å². The number of sulfonamides is 1. The maximum Gasteiger partial charge on any atom is 0.241 e. The third-order valence-electron chi connectivity index (χ3n) is 5.28. The van der Waals surface area contributed by atoms with Gasteiger partial charge in [0, 0.05) is 6.54 Å². The highest BCUT2D eigenvalue weighted by Crippen LogP contribution is 2.22. The maximum absolute atomic E-state index is 13.2. The number of methoxy groups -OCH3 is 1. The van der Waals surface area contributed by atoms with Crippen molar-refractivity contribution >= 4 is 15.9 Å². The molecule has 3 aromatic rings. The normalized spacial score (nSPS) is 12.1. The van der Waals surface area contributed by atoms with Crippen LogP contribution in [0.2, 0.25) is 0 Å². The number of carbonyl (C=O) groups excluding carboxylic acids is 1. The van der Waals surface area contributed by atoms with Gasteiger partial charge >= 0.3 is 0 Å². The minimum atomic E-state index is -3.95. The van der Waals surface area contributed by atoms with Crippen LogP contribution >= 0.6 is 0 Å². The van der Waals surface area contributed by atoms with Gasteiger partial charge in [0.15, 0.2) is 0 Å². The van der Waals surface area contributed by atoms with E-state index in [4.69, 9.17) is 9.47 Å². The second kappa shape index (κ2) is 11.7. The van der Waals surface area contributed by atoms with Gasteiger partial charge in [-0.1, -0.05) is 42.5 Å². The highest BCUT2D eigenvalue weighted by molar-refractivity contribution is 7.89. The summed E-state index contributed by atoms with van der Waals surface area (Å²) in [7, 11) is -2.37. The van der Waals surface area contributed by atoms with Gasteiger partial charge in [-0.3, -0.25) is 4.79 Å². The molecule has 3 rings (SSSR count). The first-order chi connectivity index (χ1) is 16.3. The second-order valence-corrected chi connectivity index (χ2v) is 9.50. The molecule has 0 saturated heterocycles. The lowest BCUT2D eigenvalue weighted by Gasteiger charge is -2.19. The van der Waals surface area contributed by atoms with Gasteiger partial charge in [0.1, 0.15) is 17.5 Å². The number of amides is 1. The molecule has 1 amide bonds. The van der Waals surface area contributed by atoms with E-state index in [-0.39, 0.29) is 17.9 Å². The Labute approximate surface area is 201 Å². The van der Waals surface area contributed by atoms with Gasteiger partial charge in [-0.25, -0.2) is 8.42 Å². The van der Waals surface area contributed by atoms with Crippen molar-refractivity contribution in [1.29, 1.82) is 0 Å². The number of ether oxygens (including phenoxy) is 2. The number of carbonyl (C=O) groups is 1. The molecule has 0 fully saturated rings. The molecule has 180 valence electrons. The van der Waals surface area contributed by atoms with Crippen molar-refractivity contribution in [3.05, 3.63) is 89.5 Å². The Balaban J connectivity index is 1.78. The second-order valence-electron chi connectivity index (χ2n) is 7.79. The van der Waals surface area contributed by atoms with E-state index in [2.05, 4.69) is 10.0 Å². The molecule has 0 bridgehead atoms. The van der Waals surface area contributed by atoms with Gasteiger partial charge in [0.05, 0.1) is 18.6 Å². The molecule has 7 nitrogen and oxygen atoms in total. The Morgan fingerprint density at radius 3 is 2.29 bits per heavy atom. The molecule has 2 N–H and O–H groups in total. The minimum absolute atomic E-state index is 0.0782. The van der Waals surface area contributed by atoms with Crippen LogP contribution in [0.25, 0.3) is 0 Å². The molecular formula is C26H30N2O5S. The molecule has 0 radical (unpaired) electrons. The average molecular weight is 483 g/mol. The molecule has 8 heteroatoms. The quantitative estimate of drug-likeness (QED) is 0.436. The van der Waals surface area contributed by atoms with Crippen LogP contribution < -0.4 is 19.5 Å². The van der Waals surface area contributed by atoms with E-state index in [1.54, 1.807) is 38.3 Å². The van der Waals surface area contributed by atoms with Crippen LogP contribution in [0, 0.1) is 6.92 Å². The average Bonchev–Trinajstić information content (AvgIpc) is 2.84. The summed E-state index contributed by atoms with van der Waals surface area (Å²) in [6, 6.07) is 20.3. The van der Waals surface area contributed by atoms with Crippen molar-refractivity contribution < 1.29 is 22.7 Å². The molecule has 0 aliphatic rings. The summed E-state index contributed by atoms with van der Waals surface area (Å²) in [5, 5.41) is 2.84. The van der Waals surface area contributed by atoms with Gasteiger partial charge in [0.2, 0.25) is 15.9 Å². The van der Waals surface area contributed by atoms with Gasteiger partial charge in [0.25, 0.3) is 0 Å². The van der Waals surface area contributed by atoms with E-state index in [0.717, 1.165) is 16.9 Å². The van der Waals surface area contributed by atoms with Gasteiger partial charge in [-0.05, 0) is 67.3 Å². The number of nitrogens with one attached hydrogen (secondary N) is 2. The van der Waals surface area contributed by atoms with Crippen LogP contribution in [0.5, 0.6) is 11.5 Å². The van der Waals surface area contributed by atoms with Crippen LogP contribution in [0.1, 0.15) is 23.6 Å². The van der Waals surface area contributed by atoms with Gasteiger partial charge in [-0.15, -0.1) is 0 Å². The molecule has 0 saturated carbocycles. The zero-order chi connectivity index (χ0) is 24.6. The maximum atomic E-state index is 13.2. The topological polar surface area (TPSA) is 93.7 Å². The zero-order valence-corrected chi connectivity index (χ0v) is 20.4. The SMILES string of the molecule is CCOc1ccc(S(=O)(=O)NC(Cc2ccccc2)C(=O)NCc2ccc(OC)cc2)cc1C. The van der Waals surface area contributed by atoms with E-state index in [0.29, 0.717) is 17.9 Å². The third kappa shape index (κ3) is 6.82. The van der Waals surface area contributed by atoms with Gasteiger partial charge in [-0.2, -0.15) is 4.72 Å². The fraction of sp³-hybridized carbons (Fsp3) is 0.269. The van der Waals surface area contributed by atoms with E-state index in [1.165, 1.54) is 6.07 Å². The molecule has 0 aliphatic carbocycles. The molecule has 34 heavy (non-hydrogen) atoms. The first kappa shape index (κ1) is 25.3. The standard InChI is InChI=1S/C26H30N2O5S/c1-4-33-25-15-14-23(16-19(25)2)34(30,31)28-24(17-20-8-6-5-7-9-20)26(29)27-18-21-10-12-22(32-3)13-11-21/h5-16,24,28H,4,17-18H2,1-3H3,(H,27,29). The summed E-state index contributed by atoms with van der Waals surface area (Å²) in [6.07, 6.45) is 0.213. The Morgan fingerprint density at radius 1 is 0.971 bits per heavy atom. The van der Waals surface area contributed by atoms with E-state index >= 15 is 0 Å². The van der Waals surface area contributed by atoms with Crippen LogP contribution in [0.15, 0.2) is 77.7 Å².